The first-order valence-corrected chi connectivity index (χ1v) is 11.7. The molecule has 1 aromatic heterocycles. The molecule has 0 saturated carbocycles. The molecule has 10 nitrogen and oxygen atoms in total. The van der Waals surface area contributed by atoms with Crippen LogP contribution in [0.1, 0.15) is 30.8 Å². The molecule has 1 amide bonds. The number of amides is 1. The summed E-state index contributed by atoms with van der Waals surface area (Å²) in [4.78, 5) is 25.4. The average Bonchev–Trinajstić information content (AvgIpc) is 3.20. The van der Waals surface area contributed by atoms with Gasteiger partial charge in [0.05, 0.1) is 36.1 Å². The molecule has 1 heterocycles. The van der Waals surface area contributed by atoms with Crippen LogP contribution < -0.4 is 10.1 Å². The number of carbonyl (C=O) groups excluding carboxylic acids is 1. The lowest BCUT2D eigenvalue weighted by Gasteiger charge is -2.23. The molecule has 34 heavy (non-hydrogen) atoms. The lowest BCUT2D eigenvalue weighted by Crippen LogP contribution is -2.23. The van der Waals surface area contributed by atoms with Crippen molar-refractivity contribution >= 4 is 29.0 Å². The van der Waals surface area contributed by atoms with Gasteiger partial charge in [-0.15, -0.1) is 10.2 Å². The fourth-order valence-electron chi connectivity index (χ4n) is 3.57. The van der Waals surface area contributed by atoms with E-state index in [4.69, 9.17) is 4.74 Å². The van der Waals surface area contributed by atoms with E-state index in [2.05, 4.69) is 27.3 Å². The maximum absolute atomic E-state index is 12.7. The summed E-state index contributed by atoms with van der Waals surface area (Å²) in [7, 11) is 5.44. The molecule has 3 aromatic rings. The molecule has 0 fully saturated rings. The fraction of sp³-hybridized carbons (Fsp3) is 0.348. The second kappa shape index (κ2) is 11.6. The van der Waals surface area contributed by atoms with Gasteiger partial charge in [0.15, 0.2) is 11.0 Å². The third kappa shape index (κ3) is 6.12. The zero-order chi connectivity index (χ0) is 24.7. The quantitative estimate of drug-likeness (QED) is 0.247. The predicted molar refractivity (Wildman–Crippen MR) is 131 cm³/mol. The fourth-order valence-corrected chi connectivity index (χ4v) is 4.32. The molecule has 0 saturated heterocycles. The van der Waals surface area contributed by atoms with Crippen LogP contribution in [0.25, 0.3) is 0 Å². The summed E-state index contributed by atoms with van der Waals surface area (Å²) in [6.45, 7) is 2.68. The number of nitrogens with zero attached hydrogens (tertiary/aromatic N) is 5. The molecule has 2 aromatic carbocycles. The van der Waals surface area contributed by atoms with Gasteiger partial charge in [-0.1, -0.05) is 49.0 Å². The Morgan fingerprint density at radius 3 is 2.59 bits per heavy atom. The molecule has 0 aliphatic carbocycles. The number of nitro benzene ring substituents is 1. The molecule has 11 heteroatoms. The van der Waals surface area contributed by atoms with Crippen molar-refractivity contribution in [2.75, 3.05) is 32.3 Å². The van der Waals surface area contributed by atoms with E-state index < -0.39 is 4.92 Å². The van der Waals surface area contributed by atoms with Crippen molar-refractivity contribution in [3.05, 3.63) is 70.0 Å². The van der Waals surface area contributed by atoms with Crippen molar-refractivity contribution in [2.45, 2.75) is 31.1 Å². The van der Waals surface area contributed by atoms with Crippen molar-refractivity contribution in [2.24, 2.45) is 0 Å². The van der Waals surface area contributed by atoms with E-state index in [-0.39, 0.29) is 29.1 Å². The van der Waals surface area contributed by atoms with Crippen LogP contribution in [0.5, 0.6) is 5.75 Å². The number of hydrogen-bond acceptors (Lipinski definition) is 8. The average molecular weight is 485 g/mol. The second-order valence-electron chi connectivity index (χ2n) is 7.78. The summed E-state index contributed by atoms with van der Waals surface area (Å²) < 4.78 is 7.26. The van der Waals surface area contributed by atoms with Gasteiger partial charge < -0.3 is 14.6 Å². The van der Waals surface area contributed by atoms with Gasteiger partial charge in [0, 0.05) is 12.1 Å². The molecule has 1 N–H and O–H groups in total. The van der Waals surface area contributed by atoms with Crippen LogP contribution in [0.4, 0.5) is 11.4 Å². The van der Waals surface area contributed by atoms with Crippen LogP contribution in [-0.4, -0.2) is 57.5 Å². The number of ether oxygens (including phenoxy) is 1. The number of nitrogens with one attached hydrogen (secondary N) is 1. The zero-order valence-electron chi connectivity index (χ0n) is 19.6. The second-order valence-corrected chi connectivity index (χ2v) is 8.72. The van der Waals surface area contributed by atoms with Gasteiger partial charge in [-0.25, -0.2) is 0 Å². The minimum atomic E-state index is -0.521. The molecule has 3 rings (SSSR count). The Morgan fingerprint density at radius 1 is 1.24 bits per heavy atom. The van der Waals surface area contributed by atoms with Crippen molar-refractivity contribution in [1.82, 2.24) is 19.7 Å². The Bertz CT molecular complexity index is 1140. The first kappa shape index (κ1) is 25.2. The molecule has 0 spiro atoms. The standard InChI is InChI=1S/C23H28N6O4S/c1-5-19(27(2)3)22-25-26-23(28(22)14-16-9-7-6-8-10-16)34-15-21(30)24-18-13-17(29(31)32)11-12-20(18)33-4/h6-13,19H,5,14-15H2,1-4H3,(H,24,30). The third-order valence-corrected chi connectivity index (χ3v) is 6.20. The van der Waals surface area contributed by atoms with Crippen molar-refractivity contribution in [3.8, 4) is 5.75 Å². The smallest absolute Gasteiger partial charge is 0.271 e. The summed E-state index contributed by atoms with van der Waals surface area (Å²) in [5, 5.41) is 23.2. The van der Waals surface area contributed by atoms with Gasteiger partial charge in [-0.3, -0.25) is 19.8 Å². The lowest BCUT2D eigenvalue weighted by atomic mass is 10.2. The number of anilines is 1. The molecule has 0 aliphatic rings. The summed E-state index contributed by atoms with van der Waals surface area (Å²) in [6.07, 6.45) is 0.859. The van der Waals surface area contributed by atoms with Gasteiger partial charge >= 0.3 is 0 Å². The van der Waals surface area contributed by atoms with Gasteiger partial charge in [-0.05, 0) is 32.1 Å². The van der Waals surface area contributed by atoms with E-state index in [1.807, 2.05) is 49.0 Å². The van der Waals surface area contributed by atoms with Crippen LogP contribution in [0.2, 0.25) is 0 Å². The number of benzene rings is 2. The Morgan fingerprint density at radius 2 is 1.97 bits per heavy atom. The number of aromatic nitrogens is 3. The van der Waals surface area contributed by atoms with Crippen LogP contribution in [0.3, 0.4) is 0 Å². The van der Waals surface area contributed by atoms with E-state index >= 15 is 0 Å². The van der Waals surface area contributed by atoms with Crippen LogP contribution in [0.15, 0.2) is 53.7 Å². The normalized spacial score (nSPS) is 11.9. The van der Waals surface area contributed by atoms with E-state index in [0.29, 0.717) is 17.5 Å². The van der Waals surface area contributed by atoms with Crippen LogP contribution >= 0.6 is 11.8 Å². The molecule has 1 unspecified atom stereocenters. The number of non-ortho nitro benzene ring substituents is 1. The number of methoxy groups -OCH3 is 1. The Labute approximate surface area is 202 Å². The van der Waals surface area contributed by atoms with Gasteiger partial charge in [0.1, 0.15) is 5.75 Å². The first-order valence-electron chi connectivity index (χ1n) is 10.7. The van der Waals surface area contributed by atoms with E-state index in [9.17, 15) is 14.9 Å². The van der Waals surface area contributed by atoms with E-state index in [1.54, 1.807) is 0 Å². The van der Waals surface area contributed by atoms with Crippen molar-refractivity contribution in [3.63, 3.8) is 0 Å². The number of hydrogen-bond donors (Lipinski definition) is 1. The highest BCUT2D eigenvalue weighted by molar-refractivity contribution is 7.99. The van der Waals surface area contributed by atoms with E-state index in [1.165, 1.54) is 37.1 Å². The maximum Gasteiger partial charge on any atom is 0.271 e. The summed E-state index contributed by atoms with van der Waals surface area (Å²) >= 11 is 1.26. The number of thioether (sulfide) groups is 1. The highest BCUT2D eigenvalue weighted by Gasteiger charge is 2.23. The number of nitro groups is 1. The van der Waals surface area contributed by atoms with Gasteiger partial charge in [0.25, 0.3) is 5.69 Å². The van der Waals surface area contributed by atoms with Crippen LogP contribution in [-0.2, 0) is 11.3 Å². The maximum atomic E-state index is 12.7. The molecule has 0 radical (unpaired) electrons. The molecule has 0 aliphatic heterocycles. The summed E-state index contributed by atoms with van der Waals surface area (Å²) in [6, 6.07) is 14.1. The largest absolute Gasteiger partial charge is 0.495 e. The van der Waals surface area contributed by atoms with E-state index in [0.717, 1.165) is 17.8 Å². The molecule has 180 valence electrons. The zero-order valence-corrected chi connectivity index (χ0v) is 20.4. The molecular weight excluding hydrogens is 456 g/mol. The number of carbonyl (C=O) groups is 1. The Hall–Kier alpha value is -3.44. The topological polar surface area (TPSA) is 115 Å². The predicted octanol–water partition coefficient (Wildman–Crippen LogP) is 3.99. The monoisotopic (exact) mass is 484 g/mol. The van der Waals surface area contributed by atoms with Crippen molar-refractivity contribution in [1.29, 1.82) is 0 Å². The number of rotatable bonds is 11. The van der Waals surface area contributed by atoms with Gasteiger partial charge in [0.2, 0.25) is 5.91 Å². The highest BCUT2D eigenvalue weighted by atomic mass is 32.2. The minimum Gasteiger partial charge on any atom is -0.495 e. The Balaban J connectivity index is 1.80. The van der Waals surface area contributed by atoms with Crippen LogP contribution in [0, 0.1) is 10.1 Å². The third-order valence-electron chi connectivity index (χ3n) is 5.24. The molecular formula is C23H28N6O4S. The van der Waals surface area contributed by atoms with Crippen molar-refractivity contribution < 1.29 is 14.5 Å². The SMILES string of the molecule is CCC(c1nnc(SCC(=O)Nc2cc([N+](=O)[O-])ccc2OC)n1Cc1ccccc1)N(C)C. The highest BCUT2D eigenvalue weighted by Crippen LogP contribution is 2.30. The summed E-state index contributed by atoms with van der Waals surface area (Å²) in [5.41, 5.74) is 1.21. The molecule has 1 atom stereocenters. The van der Waals surface area contributed by atoms with Gasteiger partial charge in [-0.2, -0.15) is 0 Å². The Kier molecular flexibility index (Phi) is 8.61. The first-order chi connectivity index (χ1) is 16.3. The lowest BCUT2D eigenvalue weighted by molar-refractivity contribution is -0.384. The molecule has 0 bridgehead atoms. The minimum absolute atomic E-state index is 0.0531. The summed E-state index contributed by atoms with van der Waals surface area (Å²) in [5.74, 6) is 0.895.